The molecule has 0 saturated carbocycles. The summed E-state index contributed by atoms with van der Waals surface area (Å²) in [4.78, 5) is 11.9. The normalized spacial score (nSPS) is 22.0. The highest BCUT2D eigenvalue weighted by Crippen LogP contribution is 2.14. The molecule has 94 valence electrons. The predicted molar refractivity (Wildman–Crippen MR) is 65.3 cm³/mol. The Balaban J connectivity index is 2.19. The third kappa shape index (κ3) is 4.52. The summed E-state index contributed by atoms with van der Waals surface area (Å²) in [5.74, 6) is 0.410. The SMILES string of the molecule is CCCC[C@H](CC)C(=O)NC[C@H]1CCCO1. The van der Waals surface area contributed by atoms with Gasteiger partial charge >= 0.3 is 0 Å². The van der Waals surface area contributed by atoms with E-state index in [4.69, 9.17) is 4.74 Å². The van der Waals surface area contributed by atoms with Crippen LogP contribution < -0.4 is 5.32 Å². The molecule has 1 saturated heterocycles. The molecule has 0 radical (unpaired) electrons. The third-order valence-corrected chi connectivity index (χ3v) is 3.30. The van der Waals surface area contributed by atoms with Gasteiger partial charge in [-0.25, -0.2) is 0 Å². The molecule has 1 N–H and O–H groups in total. The van der Waals surface area contributed by atoms with Crippen molar-refractivity contribution < 1.29 is 9.53 Å². The number of nitrogens with one attached hydrogen (secondary N) is 1. The van der Waals surface area contributed by atoms with Crippen molar-refractivity contribution in [3.05, 3.63) is 0 Å². The van der Waals surface area contributed by atoms with Crippen LogP contribution in [0.1, 0.15) is 52.4 Å². The van der Waals surface area contributed by atoms with Crippen molar-refractivity contribution in [1.29, 1.82) is 0 Å². The van der Waals surface area contributed by atoms with Gasteiger partial charge in [0.25, 0.3) is 0 Å². The molecule has 16 heavy (non-hydrogen) atoms. The van der Waals surface area contributed by atoms with Gasteiger partial charge in [-0.3, -0.25) is 4.79 Å². The van der Waals surface area contributed by atoms with Crippen molar-refractivity contribution in [2.45, 2.75) is 58.5 Å². The van der Waals surface area contributed by atoms with Gasteiger partial charge in [0, 0.05) is 19.1 Å². The van der Waals surface area contributed by atoms with Crippen LogP contribution >= 0.6 is 0 Å². The Hall–Kier alpha value is -0.570. The Morgan fingerprint density at radius 2 is 2.31 bits per heavy atom. The average molecular weight is 227 g/mol. The first-order valence-corrected chi connectivity index (χ1v) is 6.67. The maximum absolute atomic E-state index is 11.9. The molecular formula is C13H25NO2. The number of amides is 1. The zero-order valence-electron chi connectivity index (χ0n) is 10.6. The largest absolute Gasteiger partial charge is 0.376 e. The number of hydrogen-bond acceptors (Lipinski definition) is 2. The van der Waals surface area contributed by atoms with Crippen molar-refractivity contribution in [2.24, 2.45) is 5.92 Å². The summed E-state index contributed by atoms with van der Waals surface area (Å²) in [5, 5.41) is 3.02. The molecule has 0 aromatic rings. The molecule has 1 fully saturated rings. The maximum atomic E-state index is 11.9. The van der Waals surface area contributed by atoms with Gasteiger partial charge in [-0.05, 0) is 25.7 Å². The summed E-state index contributed by atoms with van der Waals surface area (Å²) in [6, 6.07) is 0. The molecule has 1 rings (SSSR count). The number of carbonyl (C=O) groups is 1. The monoisotopic (exact) mass is 227 g/mol. The lowest BCUT2D eigenvalue weighted by molar-refractivity contribution is -0.125. The Kier molecular flexibility index (Phi) is 6.46. The van der Waals surface area contributed by atoms with Gasteiger partial charge in [0.1, 0.15) is 0 Å². The van der Waals surface area contributed by atoms with Gasteiger partial charge in [-0.1, -0.05) is 26.7 Å². The Labute approximate surface area is 98.9 Å². The molecule has 1 amide bonds. The maximum Gasteiger partial charge on any atom is 0.223 e. The Bertz CT molecular complexity index is 200. The van der Waals surface area contributed by atoms with E-state index in [9.17, 15) is 4.79 Å². The lowest BCUT2D eigenvalue weighted by atomic mass is 9.98. The number of unbranched alkanes of at least 4 members (excludes halogenated alkanes) is 1. The van der Waals surface area contributed by atoms with E-state index in [1.807, 2.05) is 0 Å². The van der Waals surface area contributed by atoms with Gasteiger partial charge in [-0.2, -0.15) is 0 Å². The lowest BCUT2D eigenvalue weighted by Gasteiger charge is -2.16. The van der Waals surface area contributed by atoms with Crippen molar-refractivity contribution in [2.75, 3.05) is 13.2 Å². The second kappa shape index (κ2) is 7.66. The number of ether oxygens (including phenoxy) is 1. The van der Waals surface area contributed by atoms with E-state index in [2.05, 4.69) is 19.2 Å². The van der Waals surface area contributed by atoms with E-state index >= 15 is 0 Å². The van der Waals surface area contributed by atoms with Crippen LogP contribution in [0.15, 0.2) is 0 Å². The molecule has 0 spiro atoms. The molecular weight excluding hydrogens is 202 g/mol. The summed E-state index contributed by atoms with van der Waals surface area (Å²) in [5.41, 5.74) is 0. The van der Waals surface area contributed by atoms with Crippen molar-refractivity contribution in [1.82, 2.24) is 5.32 Å². The van der Waals surface area contributed by atoms with E-state index in [0.717, 1.165) is 45.1 Å². The van der Waals surface area contributed by atoms with Crippen LogP contribution in [0, 0.1) is 5.92 Å². The topological polar surface area (TPSA) is 38.3 Å². The highest BCUT2D eigenvalue weighted by Gasteiger charge is 2.19. The molecule has 1 aliphatic rings. The van der Waals surface area contributed by atoms with E-state index in [1.54, 1.807) is 0 Å². The Morgan fingerprint density at radius 1 is 1.50 bits per heavy atom. The molecule has 0 aromatic carbocycles. The Morgan fingerprint density at radius 3 is 2.88 bits per heavy atom. The predicted octanol–water partition coefficient (Wildman–Crippen LogP) is 2.50. The molecule has 1 aliphatic heterocycles. The molecule has 0 unspecified atom stereocenters. The number of hydrogen-bond donors (Lipinski definition) is 1. The fourth-order valence-corrected chi connectivity index (χ4v) is 2.14. The van der Waals surface area contributed by atoms with Crippen LogP contribution in [0.2, 0.25) is 0 Å². The van der Waals surface area contributed by atoms with Gasteiger partial charge in [-0.15, -0.1) is 0 Å². The van der Waals surface area contributed by atoms with Crippen LogP contribution in [-0.4, -0.2) is 25.2 Å². The second-order valence-electron chi connectivity index (χ2n) is 4.63. The first-order valence-electron chi connectivity index (χ1n) is 6.67. The zero-order valence-corrected chi connectivity index (χ0v) is 10.6. The van der Waals surface area contributed by atoms with Crippen LogP contribution in [0.5, 0.6) is 0 Å². The van der Waals surface area contributed by atoms with Crippen LogP contribution in [0.3, 0.4) is 0 Å². The van der Waals surface area contributed by atoms with Gasteiger partial charge in [0.15, 0.2) is 0 Å². The van der Waals surface area contributed by atoms with E-state index in [0.29, 0.717) is 6.54 Å². The minimum absolute atomic E-state index is 0.196. The summed E-state index contributed by atoms with van der Waals surface area (Å²) in [6.45, 7) is 5.80. The van der Waals surface area contributed by atoms with E-state index in [-0.39, 0.29) is 17.9 Å². The first kappa shape index (κ1) is 13.5. The van der Waals surface area contributed by atoms with Gasteiger partial charge < -0.3 is 10.1 Å². The molecule has 1 heterocycles. The lowest BCUT2D eigenvalue weighted by Crippen LogP contribution is -2.36. The van der Waals surface area contributed by atoms with Crippen LogP contribution in [0.25, 0.3) is 0 Å². The standard InChI is InChI=1S/C13H25NO2/c1-3-5-7-11(4-2)13(15)14-10-12-8-6-9-16-12/h11-12H,3-10H2,1-2H3,(H,14,15)/t11-,12+/m0/s1. The molecule has 3 heteroatoms. The van der Waals surface area contributed by atoms with Crippen molar-refractivity contribution in [3.8, 4) is 0 Å². The third-order valence-electron chi connectivity index (χ3n) is 3.30. The van der Waals surface area contributed by atoms with Crippen molar-refractivity contribution >= 4 is 5.91 Å². The summed E-state index contributed by atoms with van der Waals surface area (Å²) in [6.07, 6.45) is 6.75. The first-order chi connectivity index (χ1) is 7.77. The minimum atomic E-state index is 0.196. The molecule has 0 aliphatic carbocycles. The van der Waals surface area contributed by atoms with E-state index in [1.165, 1.54) is 0 Å². The molecule has 3 nitrogen and oxygen atoms in total. The minimum Gasteiger partial charge on any atom is -0.376 e. The molecule has 0 bridgehead atoms. The number of carbonyl (C=O) groups excluding carboxylic acids is 1. The summed E-state index contributed by atoms with van der Waals surface area (Å²) in [7, 11) is 0. The quantitative estimate of drug-likeness (QED) is 0.725. The second-order valence-corrected chi connectivity index (χ2v) is 4.63. The van der Waals surface area contributed by atoms with Crippen LogP contribution in [-0.2, 0) is 9.53 Å². The van der Waals surface area contributed by atoms with Gasteiger partial charge in [0.05, 0.1) is 6.10 Å². The van der Waals surface area contributed by atoms with E-state index < -0.39 is 0 Å². The zero-order chi connectivity index (χ0) is 11.8. The number of rotatable bonds is 7. The highest BCUT2D eigenvalue weighted by molar-refractivity contribution is 5.78. The smallest absolute Gasteiger partial charge is 0.223 e. The van der Waals surface area contributed by atoms with Crippen molar-refractivity contribution in [3.63, 3.8) is 0 Å². The van der Waals surface area contributed by atoms with Crippen LogP contribution in [0.4, 0.5) is 0 Å². The van der Waals surface area contributed by atoms with Gasteiger partial charge in [0.2, 0.25) is 5.91 Å². The summed E-state index contributed by atoms with van der Waals surface area (Å²) >= 11 is 0. The average Bonchev–Trinajstić information content (AvgIpc) is 2.80. The molecule has 0 aromatic heterocycles. The summed E-state index contributed by atoms with van der Waals surface area (Å²) < 4.78 is 5.48. The highest BCUT2D eigenvalue weighted by atomic mass is 16.5. The fraction of sp³-hybridized carbons (Fsp3) is 0.923. The fourth-order valence-electron chi connectivity index (χ4n) is 2.14. The molecule has 2 atom stereocenters.